The van der Waals surface area contributed by atoms with Gasteiger partial charge in [0.25, 0.3) is 0 Å². The summed E-state index contributed by atoms with van der Waals surface area (Å²) in [6.45, 7) is 6.32. The Morgan fingerprint density at radius 1 is 0.900 bits per heavy atom. The lowest BCUT2D eigenvalue weighted by Gasteiger charge is -2.21. The molecule has 0 radical (unpaired) electrons. The number of carbonyl (C=O) groups is 1. The third-order valence-corrected chi connectivity index (χ3v) is 6.15. The number of anilines is 2. The molecule has 2 aromatic rings. The third-order valence-electron chi connectivity index (χ3n) is 6.15. The van der Waals surface area contributed by atoms with Gasteiger partial charge in [0.15, 0.2) is 0 Å². The predicted octanol–water partition coefficient (Wildman–Crippen LogP) is 4.96. The van der Waals surface area contributed by atoms with Gasteiger partial charge in [0.1, 0.15) is 11.5 Å². The molecule has 5 heteroatoms. The molecular formula is C25H32N2O3. The molecule has 2 aliphatic rings. The summed E-state index contributed by atoms with van der Waals surface area (Å²) in [7, 11) is 1.44. The SMILES string of the molecule is CCCCN1CCc2ccc(Oc3ccc4c(c3)N(CCCC(=O)OC)CC4)cc21. The van der Waals surface area contributed by atoms with E-state index < -0.39 is 0 Å². The van der Waals surface area contributed by atoms with Gasteiger partial charge in [-0.2, -0.15) is 0 Å². The van der Waals surface area contributed by atoms with Crippen molar-refractivity contribution >= 4 is 17.3 Å². The summed E-state index contributed by atoms with van der Waals surface area (Å²) in [6, 6.07) is 12.9. The van der Waals surface area contributed by atoms with Gasteiger partial charge in [-0.05, 0) is 48.9 Å². The van der Waals surface area contributed by atoms with Crippen LogP contribution in [0.5, 0.6) is 11.5 Å². The van der Waals surface area contributed by atoms with Gasteiger partial charge in [0.05, 0.1) is 7.11 Å². The van der Waals surface area contributed by atoms with Crippen LogP contribution in [0.25, 0.3) is 0 Å². The first kappa shape index (κ1) is 20.6. The zero-order valence-corrected chi connectivity index (χ0v) is 18.2. The van der Waals surface area contributed by atoms with Crippen molar-refractivity contribution in [1.82, 2.24) is 0 Å². The van der Waals surface area contributed by atoms with Gasteiger partial charge in [-0.3, -0.25) is 4.79 Å². The van der Waals surface area contributed by atoms with E-state index in [1.165, 1.54) is 42.5 Å². The number of fused-ring (bicyclic) bond motifs is 2. The normalized spacial score (nSPS) is 14.6. The van der Waals surface area contributed by atoms with Crippen molar-refractivity contribution in [1.29, 1.82) is 0 Å². The first-order valence-electron chi connectivity index (χ1n) is 11.2. The molecule has 2 heterocycles. The number of hydrogen-bond donors (Lipinski definition) is 0. The number of methoxy groups -OCH3 is 1. The number of nitrogens with zero attached hydrogens (tertiary/aromatic N) is 2. The Bertz CT molecular complexity index is 896. The van der Waals surface area contributed by atoms with Crippen LogP contribution in [-0.2, 0) is 22.4 Å². The van der Waals surface area contributed by atoms with Crippen molar-refractivity contribution in [3.8, 4) is 11.5 Å². The van der Waals surface area contributed by atoms with Gasteiger partial charge in [0.2, 0.25) is 0 Å². The Balaban J connectivity index is 1.44. The number of rotatable bonds is 9. The van der Waals surface area contributed by atoms with Crippen LogP contribution in [0.2, 0.25) is 0 Å². The van der Waals surface area contributed by atoms with Gasteiger partial charge >= 0.3 is 5.97 Å². The van der Waals surface area contributed by atoms with E-state index in [-0.39, 0.29) is 5.97 Å². The number of unbranched alkanes of at least 4 members (excludes halogenated alkanes) is 1. The van der Waals surface area contributed by atoms with Crippen molar-refractivity contribution < 1.29 is 14.3 Å². The topological polar surface area (TPSA) is 42.0 Å². The largest absolute Gasteiger partial charge is 0.469 e. The lowest BCUT2D eigenvalue weighted by atomic mass is 10.1. The standard InChI is InChI=1S/C25H32N2O3/c1-3-4-13-26-15-11-19-7-9-21(17-23(19)26)30-22-10-8-20-12-16-27(24(20)18-22)14-5-6-25(28)29-2/h7-10,17-18H,3-6,11-16H2,1-2H3. The van der Waals surface area contributed by atoms with Gasteiger partial charge in [0, 0.05) is 56.1 Å². The molecule has 0 saturated carbocycles. The van der Waals surface area contributed by atoms with Crippen molar-refractivity contribution in [3.63, 3.8) is 0 Å². The zero-order valence-electron chi connectivity index (χ0n) is 18.2. The van der Waals surface area contributed by atoms with Crippen molar-refractivity contribution in [2.45, 2.75) is 45.4 Å². The van der Waals surface area contributed by atoms with Crippen LogP contribution in [0.3, 0.4) is 0 Å². The summed E-state index contributed by atoms with van der Waals surface area (Å²) in [5, 5.41) is 0. The fourth-order valence-corrected chi connectivity index (χ4v) is 4.44. The van der Waals surface area contributed by atoms with E-state index in [4.69, 9.17) is 9.47 Å². The fourth-order valence-electron chi connectivity index (χ4n) is 4.44. The van der Waals surface area contributed by atoms with E-state index >= 15 is 0 Å². The van der Waals surface area contributed by atoms with E-state index in [1.54, 1.807) is 0 Å². The zero-order chi connectivity index (χ0) is 20.9. The Morgan fingerprint density at radius 3 is 2.00 bits per heavy atom. The third kappa shape index (κ3) is 4.55. The van der Waals surface area contributed by atoms with Gasteiger partial charge in [-0.15, -0.1) is 0 Å². The van der Waals surface area contributed by atoms with E-state index in [0.717, 1.165) is 56.9 Å². The van der Waals surface area contributed by atoms with Crippen LogP contribution in [0.4, 0.5) is 11.4 Å². The number of benzene rings is 2. The number of hydrogen-bond acceptors (Lipinski definition) is 5. The highest BCUT2D eigenvalue weighted by Gasteiger charge is 2.21. The summed E-state index contributed by atoms with van der Waals surface area (Å²) in [5.41, 5.74) is 5.32. The van der Waals surface area contributed by atoms with Crippen LogP contribution in [0, 0.1) is 0 Å². The van der Waals surface area contributed by atoms with Crippen molar-refractivity contribution in [2.75, 3.05) is 43.1 Å². The lowest BCUT2D eigenvalue weighted by molar-refractivity contribution is -0.140. The van der Waals surface area contributed by atoms with Crippen molar-refractivity contribution in [3.05, 3.63) is 47.5 Å². The summed E-state index contributed by atoms with van der Waals surface area (Å²) in [5.74, 6) is 1.62. The minimum Gasteiger partial charge on any atom is -0.469 e. The van der Waals surface area contributed by atoms with E-state index in [0.29, 0.717) is 6.42 Å². The van der Waals surface area contributed by atoms with Gasteiger partial charge < -0.3 is 19.3 Å². The molecule has 0 aromatic heterocycles. The summed E-state index contributed by atoms with van der Waals surface area (Å²) in [6.07, 6.45) is 5.87. The molecule has 4 rings (SSSR count). The Morgan fingerprint density at radius 2 is 1.47 bits per heavy atom. The molecule has 0 N–H and O–H groups in total. The maximum atomic E-state index is 11.4. The van der Waals surface area contributed by atoms with Gasteiger partial charge in [-0.1, -0.05) is 25.5 Å². The van der Waals surface area contributed by atoms with E-state index in [9.17, 15) is 4.79 Å². The molecule has 2 aromatic carbocycles. The monoisotopic (exact) mass is 408 g/mol. The highest BCUT2D eigenvalue weighted by atomic mass is 16.5. The van der Waals surface area contributed by atoms with Crippen LogP contribution in [0.1, 0.15) is 43.7 Å². The smallest absolute Gasteiger partial charge is 0.305 e. The minimum absolute atomic E-state index is 0.143. The number of esters is 1. The molecule has 0 bridgehead atoms. The molecular weight excluding hydrogens is 376 g/mol. The molecule has 0 atom stereocenters. The Labute approximate surface area is 179 Å². The molecule has 0 saturated heterocycles. The minimum atomic E-state index is -0.143. The van der Waals surface area contributed by atoms with E-state index in [2.05, 4.69) is 53.1 Å². The maximum absolute atomic E-state index is 11.4. The first-order chi connectivity index (χ1) is 14.7. The Hall–Kier alpha value is -2.69. The summed E-state index contributed by atoms with van der Waals surface area (Å²) in [4.78, 5) is 16.2. The Kier molecular flexibility index (Phi) is 6.46. The molecule has 2 aliphatic heterocycles. The molecule has 0 spiro atoms. The molecule has 0 unspecified atom stereocenters. The predicted molar refractivity (Wildman–Crippen MR) is 121 cm³/mol. The van der Waals surface area contributed by atoms with Crippen LogP contribution < -0.4 is 14.5 Å². The lowest BCUT2D eigenvalue weighted by Crippen LogP contribution is -2.22. The molecule has 0 amide bonds. The quantitative estimate of drug-likeness (QED) is 0.549. The van der Waals surface area contributed by atoms with Crippen LogP contribution in [-0.4, -0.2) is 39.3 Å². The first-order valence-corrected chi connectivity index (χ1v) is 11.2. The fraction of sp³-hybridized carbons (Fsp3) is 0.480. The number of carbonyl (C=O) groups excluding carboxylic acids is 1. The highest BCUT2D eigenvalue weighted by Crippen LogP contribution is 2.36. The van der Waals surface area contributed by atoms with Crippen LogP contribution in [0.15, 0.2) is 36.4 Å². The molecule has 0 fully saturated rings. The van der Waals surface area contributed by atoms with Gasteiger partial charge in [-0.25, -0.2) is 0 Å². The second kappa shape index (κ2) is 9.41. The second-order valence-corrected chi connectivity index (χ2v) is 8.19. The average molecular weight is 409 g/mol. The average Bonchev–Trinajstić information content (AvgIpc) is 3.35. The molecule has 30 heavy (non-hydrogen) atoms. The maximum Gasteiger partial charge on any atom is 0.305 e. The molecule has 5 nitrogen and oxygen atoms in total. The summed E-state index contributed by atoms with van der Waals surface area (Å²) < 4.78 is 11.0. The summed E-state index contributed by atoms with van der Waals surface area (Å²) >= 11 is 0. The second-order valence-electron chi connectivity index (χ2n) is 8.19. The van der Waals surface area contributed by atoms with Crippen LogP contribution >= 0.6 is 0 Å². The number of ether oxygens (including phenoxy) is 2. The molecule has 160 valence electrons. The van der Waals surface area contributed by atoms with Crippen molar-refractivity contribution in [2.24, 2.45) is 0 Å². The molecule has 0 aliphatic carbocycles. The highest BCUT2D eigenvalue weighted by molar-refractivity contribution is 5.69. The van der Waals surface area contributed by atoms with E-state index in [1.807, 2.05) is 0 Å².